The number of aromatic nitrogens is 2. The van der Waals surface area contributed by atoms with Gasteiger partial charge in [0.05, 0.1) is 5.69 Å². The minimum atomic E-state index is -0.473. The number of hydrogen-bond donors (Lipinski definition) is 3. The molecule has 0 aliphatic rings. The number of nitrogens with one attached hydrogen (secondary N) is 2. The lowest BCUT2D eigenvalue weighted by atomic mass is 9.99. The second-order valence-corrected chi connectivity index (χ2v) is 6.17. The van der Waals surface area contributed by atoms with E-state index in [1.807, 2.05) is 19.9 Å². The summed E-state index contributed by atoms with van der Waals surface area (Å²) in [7, 11) is 0. The van der Waals surface area contributed by atoms with Gasteiger partial charge in [-0.1, -0.05) is 12.1 Å². The number of primary amides is 1. The van der Waals surface area contributed by atoms with E-state index in [0.717, 1.165) is 16.8 Å². The molecule has 142 valence electrons. The van der Waals surface area contributed by atoms with Crippen molar-refractivity contribution in [1.82, 2.24) is 15.3 Å². The summed E-state index contributed by atoms with van der Waals surface area (Å²) < 4.78 is 0. The number of nitrogens with two attached hydrogens (primary N) is 1. The van der Waals surface area contributed by atoms with Gasteiger partial charge in [0.2, 0.25) is 11.9 Å². The van der Waals surface area contributed by atoms with Crippen molar-refractivity contribution in [3.8, 4) is 11.3 Å². The van der Waals surface area contributed by atoms with Gasteiger partial charge in [-0.25, -0.2) is 9.97 Å². The van der Waals surface area contributed by atoms with Crippen molar-refractivity contribution in [3.05, 3.63) is 71.4 Å². The second-order valence-electron chi connectivity index (χ2n) is 6.17. The van der Waals surface area contributed by atoms with Gasteiger partial charge in [0.1, 0.15) is 0 Å². The molecule has 0 bridgehead atoms. The number of rotatable bonds is 6. The van der Waals surface area contributed by atoms with Crippen molar-refractivity contribution in [3.63, 3.8) is 0 Å². The van der Waals surface area contributed by atoms with Crippen molar-refractivity contribution in [2.24, 2.45) is 5.73 Å². The fraction of sp³-hybridized carbons (Fsp3) is 0.143. The Bertz CT molecular complexity index is 1020. The Hall–Kier alpha value is -3.74. The maximum absolute atomic E-state index is 11.8. The first-order chi connectivity index (χ1) is 13.5. The van der Waals surface area contributed by atoms with Gasteiger partial charge in [-0.05, 0) is 55.8 Å². The van der Waals surface area contributed by atoms with Gasteiger partial charge in [-0.2, -0.15) is 0 Å². The van der Waals surface area contributed by atoms with Crippen molar-refractivity contribution < 1.29 is 9.59 Å². The molecule has 7 heteroatoms. The molecule has 0 spiro atoms. The van der Waals surface area contributed by atoms with Crippen LogP contribution in [0.15, 0.2) is 54.7 Å². The number of nitrogens with zero attached hydrogens (tertiary/aromatic N) is 2. The highest BCUT2D eigenvalue weighted by Gasteiger charge is 2.12. The summed E-state index contributed by atoms with van der Waals surface area (Å²) in [5.41, 5.74) is 9.50. The third-order valence-electron chi connectivity index (χ3n) is 4.27. The van der Waals surface area contributed by atoms with Crippen LogP contribution in [0.3, 0.4) is 0 Å². The zero-order valence-corrected chi connectivity index (χ0v) is 15.7. The standard InChI is InChI=1S/C21H21N5O2/c1-3-23-20(28)14-7-9-15(10-8-14)25-21-24-12-11-18(26-21)16-5-4-6-17(13(16)2)19(22)27/h4-12H,3H2,1-2H3,(H2,22,27)(H,23,28)(H,24,25,26). The molecule has 2 amide bonds. The molecule has 0 saturated heterocycles. The largest absolute Gasteiger partial charge is 0.366 e. The Morgan fingerprint density at radius 1 is 1.07 bits per heavy atom. The summed E-state index contributed by atoms with van der Waals surface area (Å²) in [6, 6.07) is 14.2. The zero-order chi connectivity index (χ0) is 20.1. The lowest BCUT2D eigenvalue weighted by Gasteiger charge is -2.11. The molecular formula is C21H21N5O2. The first-order valence-electron chi connectivity index (χ1n) is 8.87. The first kappa shape index (κ1) is 19.0. The molecule has 28 heavy (non-hydrogen) atoms. The number of carbonyl (C=O) groups is 2. The van der Waals surface area contributed by atoms with Crippen LogP contribution >= 0.6 is 0 Å². The Balaban J connectivity index is 1.84. The number of carbonyl (C=O) groups excluding carboxylic acids is 2. The molecule has 0 radical (unpaired) electrons. The monoisotopic (exact) mass is 375 g/mol. The number of amides is 2. The Labute approximate surface area is 163 Å². The van der Waals surface area contributed by atoms with Crippen LogP contribution in [-0.4, -0.2) is 28.3 Å². The van der Waals surface area contributed by atoms with Gasteiger partial charge < -0.3 is 16.4 Å². The van der Waals surface area contributed by atoms with Crippen LogP contribution in [0.4, 0.5) is 11.6 Å². The maximum Gasteiger partial charge on any atom is 0.251 e. The normalized spacial score (nSPS) is 10.4. The molecule has 4 N–H and O–H groups in total. The molecular weight excluding hydrogens is 354 g/mol. The van der Waals surface area contributed by atoms with E-state index in [0.29, 0.717) is 29.3 Å². The molecule has 0 aliphatic heterocycles. The molecule has 0 aliphatic carbocycles. The highest BCUT2D eigenvalue weighted by molar-refractivity contribution is 5.96. The third-order valence-corrected chi connectivity index (χ3v) is 4.27. The van der Waals surface area contributed by atoms with Crippen LogP contribution in [0, 0.1) is 6.92 Å². The van der Waals surface area contributed by atoms with Gasteiger partial charge in [-0.15, -0.1) is 0 Å². The summed E-state index contributed by atoms with van der Waals surface area (Å²) >= 11 is 0. The van der Waals surface area contributed by atoms with Gasteiger partial charge in [0.25, 0.3) is 5.91 Å². The number of benzene rings is 2. The van der Waals surface area contributed by atoms with Crippen LogP contribution < -0.4 is 16.4 Å². The van der Waals surface area contributed by atoms with Gasteiger partial charge in [0.15, 0.2) is 0 Å². The van der Waals surface area contributed by atoms with E-state index < -0.39 is 5.91 Å². The molecule has 0 fully saturated rings. The zero-order valence-electron chi connectivity index (χ0n) is 15.7. The number of anilines is 2. The molecule has 1 heterocycles. The fourth-order valence-corrected chi connectivity index (χ4v) is 2.85. The average molecular weight is 375 g/mol. The second kappa shape index (κ2) is 8.30. The van der Waals surface area contributed by atoms with E-state index >= 15 is 0 Å². The smallest absolute Gasteiger partial charge is 0.251 e. The van der Waals surface area contributed by atoms with Crippen molar-refractivity contribution in [1.29, 1.82) is 0 Å². The van der Waals surface area contributed by atoms with Gasteiger partial charge in [-0.3, -0.25) is 9.59 Å². The topological polar surface area (TPSA) is 110 Å². The molecule has 0 unspecified atom stereocenters. The van der Waals surface area contributed by atoms with Crippen molar-refractivity contribution in [2.45, 2.75) is 13.8 Å². The molecule has 2 aromatic carbocycles. The molecule has 0 saturated carbocycles. The predicted molar refractivity (Wildman–Crippen MR) is 108 cm³/mol. The quantitative estimate of drug-likeness (QED) is 0.613. The predicted octanol–water partition coefficient (Wildman–Crippen LogP) is 3.04. The van der Waals surface area contributed by atoms with E-state index in [9.17, 15) is 9.59 Å². The average Bonchev–Trinajstić information content (AvgIpc) is 2.69. The van der Waals surface area contributed by atoms with Gasteiger partial charge >= 0.3 is 0 Å². The van der Waals surface area contributed by atoms with E-state index in [-0.39, 0.29) is 5.91 Å². The van der Waals surface area contributed by atoms with Gasteiger partial charge in [0, 0.05) is 35.1 Å². The van der Waals surface area contributed by atoms with Crippen LogP contribution in [0.2, 0.25) is 0 Å². The fourth-order valence-electron chi connectivity index (χ4n) is 2.85. The van der Waals surface area contributed by atoms with Crippen LogP contribution in [0.1, 0.15) is 33.2 Å². The molecule has 0 atom stereocenters. The van der Waals surface area contributed by atoms with E-state index in [1.54, 1.807) is 48.7 Å². The SMILES string of the molecule is CCNC(=O)c1ccc(Nc2nccc(-c3cccc(C(N)=O)c3C)n2)cc1. The summed E-state index contributed by atoms with van der Waals surface area (Å²) in [5, 5.41) is 5.88. The van der Waals surface area contributed by atoms with Crippen molar-refractivity contribution >= 4 is 23.5 Å². The van der Waals surface area contributed by atoms with E-state index in [4.69, 9.17) is 5.73 Å². The first-order valence-corrected chi connectivity index (χ1v) is 8.87. The molecule has 3 aromatic rings. The Morgan fingerprint density at radius 3 is 2.50 bits per heavy atom. The summed E-state index contributed by atoms with van der Waals surface area (Å²) in [6.07, 6.45) is 1.64. The third kappa shape index (κ3) is 4.15. The minimum Gasteiger partial charge on any atom is -0.366 e. The Morgan fingerprint density at radius 2 is 1.82 bits per heavy atom. The summed E-state index contributed by atoms with van der Waals surface area (Å²) in [4.78, 5) is 32.2. The Kier molecular flexibility index (Phi) is 5.64. The lowest BCUT2D eigenvalue weighted by Crippen LogP contribution is -2.22. The van der Waals surface area contributed by atoms with Crippen LogP contribution in [-0.2, 0) is 0 Å². The van der Waals surface area contributed by atoms with Crippen LogP contribution in [0.5, 0.6) is 0 Å². The van der Waals surface area contributed by atoms with Crippen LogP contribution in [0.25, 0.3) is 11.3 Å². The van der Waals surface area contributed by atoms with E-state index in [1.165, 1.54) is 0 Å². The molecule has 1 aromatic heterocycles. The van der Waals surface area contributed by atoms with E-state index in [2.05, 4.69) is 20.6 Å². The molecule has 7 nitrogen and oxygen atoms in total. The lowest BCUT2D eigenvalue weighted by molar-refractivity contribution is 0.0954. The maximum atomic E-state index is 11.8. The highest BCUT2D eigenvalue weighted by Crippen LogP contribution is 2.25. The number of hydrogen-bond acceptors (Lipinski definition) is 5. The summed E-state index contributed by atoms with van der Waals surface area (Å²) in [5.74, 6) is -0.178. The molecule has 3 rings (SSSR count). The van der Waals surface area contributed by atoms with Crippen molar-refractivity contribution in [2.75, 3.05) is 11.9 Å². The highest BCUT2D eigenvalue weighted by atomic mass is 16.2. The minimum absolute atomic E-state index is 0.114. The summed E-state index contributed by atoms with van der Waals surface area (Å²) in [6.45, 7) is 4.29.